The number of hydrogen-bond donors (Lipinski definition) is 2. The number of amides is 1. The highest BCUT2D eigenvalue weighted by molar-refractivity contribution is 9.53. The maximum atomic E-state index is 14.9. The van der Waals surface area contributed by atoms with Gasteiger partial charge in [0.1, 0.15) is 7.50 Å². The van der Waals surface area contributed by atoms with Gasteiger partial charge in [-0.05, 0) is 30.3 Å². The number of para-hydroxylation sites is 1. The number of carbonyl (C=O) groups is 1. The molecule has 3 N–H and O–H groups in total. The van der Waals surface area contributed by atoms with E-state index in [1.165, 1.54) is 12.1 Å². The first kappa shape index (κ1) is 26.9. The monoisotopic (exact) mass is 576 g/mol. The van der Waals surface area contributed by atoms with Crippen LogP contribution in [0.15, 0.2) is 53.4 Å². The molecule has 0 spiro atoms. The van der Waals surface area contributed by atoms with Gasteiger partial charge in [0.2, 0.25) is 0 Å². The van der Waals surface area contributed by atoms with Gasteiger partial charge in [-0.2, -0.15) is 39.5 Å². The molecular weight excluding hydrogens is 566 g/mol. The molecule has 0 aliphatic carbocycles. The Morgan fingerprint density at radius 2 is 1.36 bits per heavy atom. The molecule has 33 heavy (non-hydrogen) atoms. The Hall–Kier alpha value is -2.36. The minimum atomic E-state index is -8.84. The van der Waals surface area contributed by atoms with Crippen LogP contribution in [-0.2, 0) is 7.50 Å². The predicted octanol–water partition coefficient (Wildman–Crippen LogP) is 6.32. The first-order valence-electron chi connectivity index (χ1n) is 8.21. The van der Waals surface area contributed by atoms with Crippen molar-refractivity contribution < 1.29 is 52.9 Å². The molecule has 0 heterocycles. The Kier molecular flexibility index (Phi) is 6.40. The number of nitrogen functional groups attached to an aromatic ring is 1. The number of nitrogens with two attached hydrogens (primary N) is 1. The topological polar surface area (TPSA) is 72.2 Å². The summed E-state index contributed by atoms with van der Waals surface area (Å²) in [4.78, 5) is 10.0. The molecule has 2 rings (SSSR count). The summed E-state index contributed by atoms with van der Waals surface area (Å²) >= 11 is 1.06. The molecule has 0 atom stereocenters. The second-order valence-electron chi connectivity index (χ2n) is 6.46. The Morgan fingerprint density at radius 3 is 1.82 bits per heavy atom. The van der Waals surface area contributed by atoms with Gasteiger partial charge in [0, 0.05) is 26.1 Å². The summed E-state index contributed by atoms with van der Waals surface area (Å²) < 4.78 is 150. The molecule has 0 aliphatic heterocycles. The smallest absolute Gasteiger partial charge is 0.399 e. The third-order valence-corrected chi connectivity index (χ3v) is 11.2. The minimum Gasteiger partial charge on any atom is -0.399 e. The van der Waals surface area contributed by atoms with Crippen molar-refractivity contribution in [2.45, 2.75) is 27.8 Å². The summed E-state index contributed by atoms with van der Waals surface area (Å²) in [6, 6.07) is 6.19. The summed E-state index contributed by atoms with van der Waals surface area (Å²) in [6.45, 7) is 0. The van der Waals surface area contributed by atoms with Crippen LogP contribution in [0, 0.1) is 0 Å². The normalized spacial score (nSPS) is 14.9. The SMILES string of the molecule is Nc1cccc(C(=O)Nc2ccccc2S(=O)(Br)(C(F)(F)F)C(F)(C(F)(F)F)C(F)(F)F)c1. The van der Waals surface area contributed by atoms with Crippen molar-refractivity contribution >= 4 is 39.6 Å². The Bertz CT molecular complexity index is 1130. The number of anilines is 2. The van der Waals surface area contributed by atoms with Crippen LogP contribution in [0.4, 0.5) is 55.3 Å². The third kappa shape index (κ3) is 3.86. The largest absolute Gasteiger partial charge is 0.467 e. The number of nitrogens with one attached hydrogen (secondary N) is 1. The van der Waals surface area contributed by atoms with Crippen LogP contribution in [0.5, 0.6) is 0 Å². The van der Waals surface area contributed by atoms with E-state index < -0.39 is 46.9 Å². The lowest BCUT2D eigenvalue weighted by Gasteiger charge is -2.49. The Labute approximate surface area is 185 Å². The molecule has 0 saturated heterocycles. The Morgan fingerprint density at radius 1 is 0.848 bits per heavy atom. The molecule has 184 valence electrons. The molecule has 0 unspecified atom stereocenters. The molecule has 4 nitrogen and oxygen atoms in total. The van der Waals surface area contributed by atoms with E-state index in [1.807, 2.05) is 0 Å². The second kappa shape index (κ2) is 7.85. The van der Waals surface area contributed by atoms with Gasteiger partial charge in [0.25, 0.3) is 5.91 Å². The van der Waals surface area contributed by atoms with Crippen LogP contribution < -0.4 is 11.1 Å². The maximum absolute atomic E-state index is 14.9. The van der Waals surface area contributed by atoms with Crippen molar-refractivity contribution in [3.63, 3.8) is 0 Å². The lowest BCUT2D eigenvalue weighted by atomic mass is 10.2. The summed E-state index contributed by atoms with van der Waals surface area (Å²) in [7, 11) is -8.84. The fraction of sp³-hybridized carbons (Fsp3) is 0.235. The van der Waals surface area contributed by atoms with Crippen molar-refractivity contribution in [1.82, 2.24) is 0 Å². The van der Waals surface area contributed by atoms with Crippen LogP contribution in [0.2, 0.25) is 0 Å². The standard InChI is InChI=1S/C17H11BrF10N2O2S/c18-33(32,17(26,27)28,14(19,15(20,21)22)16(23,24)25)12-7-2-1-6-11(12)30-13(31)9-4-3-5-10(29)8-9/h1-8H,29H2,(H,30,31). The third-order valence-electron chi connectivity index (χ3n) is 4.32. The summed E-state index contributed by atoms with van der Waals surface area (Å²) in [5, 5.41) is -5.71. The van der Waals surface area contributed by atoms with Gasteiger partial charge < -0.3 is 11.1 Å². The molecular formula is C17H11BrF10N2O2S. The number of carbonyl (C=O) groups excluding carboxylic acids is 1. The van der Waals surface area contributed by atoms with Gasteiger partial charge in [-0.1, -0.05) is 18.2 Å². The van der Waals surface area contributed by atoms with E-state index in [0.29, 0.717) is 12.1 Å². The number of rotatable bonds is 4. The van der Waals surface area contributed by atoms with E-state index >= 15 is 0 Å². The molecule has 2 aromatic carbocycles. The van der Waals surface area contributed by atoms with E-state index in [4.69, 9.17) is 5.73 Å². The van der Waals surface area contributed by atoms with Crippen molar-refractivity contribution in [1.29, 1.82) is 0 Å². The molecule has 0 fully saturated rings. The molecule has 16 heteroatoms. The van der Waals surface area contributed by atoms with Gasteiger partial charge in [0.15, 0.2) is 0 Å². The van der Waals surface area contributed by atoms with E-state index in [1.54, 1.807) is 5.32 Å². The van der Waals surface area contributed by atoms with Crippen LogP contribution in [0.3, 0.4) is 0 Å². The van der Waals surface area contributed by atoms with Crippen LogP contribution in [-0.4, -0.2) is 33.0 Å². The number of benzene rings is 2. The van der Waals surface area contributed by atoms with E-state index in [0.717, 1.165) is 33.0 Å². The average Bonchev–Trinajstić information content (AvgIpc) is 2.65. The van der Waals surface area contributed by atoms with E-state index in [2.05, 4.69) is 0 Å². The van der Waals surface area contributed by atoms with Crippen molar-refractivity contribution in [3.8, 4) is 0 Å². The predicted molar refractivity (Wildman–Crippen MR) is 103 cm³/mol. The molecule has 0 bridgehead atoms. The quantitative estimate of drug-likeness (QED) is 0.254. The van der Waals surface area contributed by atoms with Gasteiger partial charge in [-0.15, -0.1) is 0 Å². The van der Waals surface area contributed by atoms with Crippen molar-refractivity contribution in [2.24, 2.45) is 0 Å². The highest BCUT2D eigenvalue weighted by atomic mass is 79.9. The van der Waals surface area contributed by atoms with Crippen LogP contribution in [0.1, 0.15) is 10.4 Å². The summed E-state index contributed by atoms with van der Waals surface area (Å²) in [5.41, 5.74) is -3.37. The lowest BCUT2D eigenvalue weighted by molar-refractivity contribution is -0.308. The first-order chi connectivity index (χ1) is 14.7. The molecule has 1 amide bonds. The van der Waals surface area contributed by atoms with Gasteiger partial charge >= 0.3 is 22.9 Å². The molecule has 0 saturated carbocycles. The van der Waals surface area contributed by atoms with E-state index in [-0.39, 0.29) is 17.3 Å². The molecule has 0 aliphatic rings. The fourth-order valence-corrected chi connectivity index (χ4v) is 7.25. The molecule has 0 radical (unpaired) electrons. The highest BCUT2D eigenvalue weighted by Crippen LogP contribution is 2.72. The van der Waals surface area contributed by atoms with Crippen LogP contribution in [0.25, 0.3) is 0 Å². The van der Waals surface area contributed by atoms with Crippen molar-refractivity contribution in [2.75, 3.05) is 11.1 Å². The summed E-state index contributed by atoms with van der Waals surface area (Å²) in [6.07, 6.45) is -14.7. The Balaban J connectivity index is 2.91. The van der Waals surface area contributed by atoms with Gasteiger partial charge in [-0.25, -0.2) is 4.39 Å². The molecule has 0 aromatic heterocycles. The minimum absolute atomic E-state index is 0.0226. The second-order valence-corrected chi connectivity index (χ2v) is 13.3. The van der Waals surface area contributed by atoms with E-state index in [9.17, 15) is 52.9 Å². The first-order valence-corrected chi connectivity index (χ1v) is 12.0. The van der Waals surface area contributed by atoms with Gasteiger partial charge in [-0.3, -0.25) is 9.00 Å². The average molecular weight is 577 g/mol. The number of hydrogen-bond acceptors (Lipinski definition) is 3. The zero-order valence-electron chi connectivity index (χ0n) is 15.6. The fourth-order valence-electron chi connectivity index (χ4n) is 2.77. The number of alkyl halides is 10. The molecule has 2 aromatic rings. The lowest BCUT2D eigenvalue weighted by Crippen LogP contribution is -2.70. The zero-order valence-corrected chi connectivity index (χ0v) is 18.0. The highest BCUT2D eigenvalue weighted by Gasteiger charge is 2.92. The maximum Gasteiger partial charge on any atom is 0.467 e. The van der Waals surface area contributed by atoms with Crippen LogP contribution >= 0.6 is 14.8 Å². The van der Waals surface area contributed by atoms with Gasteiger partial charge in [0.05, 0.1) is 10.6 Å². The number of halogens is 11. The summed E-state index contributed by atoms with van der Waals surface area (Å²) in [5.74, 6) is -1.34. The zero-order chi connectivity index (χ0) is 25.7. The van der Waals surface area contributed by atoms with Crippen molar-refractivity contribution in [3.05, 3.63) is 54.1 Å².